The van der Waals surface area contributed by atoms with Crippen LogP contribution >= 0.6 is 27.3 Å². The smallest absolute Gasteiger partial charge is 0.309 e. The van der Waals surface area contributed by atoms with Gasteiger partial charge in [0.2, 0.25) is 0 Å². The maximum atomic E-state index is 11.3. The van der Waals surface area contributed by atoms with E-state index in [1.54, 1.807) is 19.1 Å². The van der Waals surface area contributed by atoms with Crippen molar-refractivity contribution in [2.45, 2.75) is 13.3 Å². The molecule has 0 aliphatic rings. The summed E-state index contributed by atoms with van der Waals surface area (Å²) in [4.78, 5) is 15.7. The Hall–Kier alpha value is -2.12. The Labute approximate surface area is 157 Å². The molecule has 0 unspecified atom stereocenters. The van der Waals surface area contributed by atoms with Crippen LogP contribution in [0, 0.1) is 0 Å². The molecule has 3 aromatic rings. The van der Waals surface area contributed by atoms with Crippen molar-refractivity contribution in [2.75, 3.05) is 13.2 Å². The van der Waals surface area contributed by atoms with Gasteiger partial charge in [-0.3, -0.25) is 4.79 Å². The van der Waals surface area contributed by atoms with Crippen LogP contribution in [0.25, 0.3) is 10.2 Å². The highest BCUT2D eigenvalue weighted by Crippen LogP contribution is 2.33. The minimum Gasteiger partial charge on any atom is -0.493 e. The zero-order chi connectivity index (χ0) is 17.6. The summed E-state index contributed by atoms with van der Waals surface area (Å²) in [5.41, 5.74) is 0.905. The van der Waals surface area contributed by atoms with E-state index in [2.05, 4.69) is 20.9 Å². The van der Waals surface area contributed by atoms with Crippen molar-refractivity contribution < 1.29 is 19.0 Å². The van der Waals surface area contributed by atoms with Gasteiger partial charge in [-0.05, 0) is 49.4 Å². The predicted octanol–water partition coefficient (Wildman–Crippen LogP) is 5.18. The van der Waals surface area contributed by atoms with Gasteiger partial charge in [0.05, 0.1) is 29.9 Å². The van der Waals surface area contributed by atoms with Crippen LogP contribution < -0.4 is 9.47 Å². The Morgan fingerprint density at radius 2 is 1.92 bits per heavy atom. The van der Waals surface area contributed by atoms with Crippen molar-refractivity contribution in [2.24, 2.45) is 0 Å². The summed E-state index contributed by atoms with van der Waals surface area (Å²) in [6, 6.07) is 13.1. The standard InChI is InChI=1S/C18H16BrNO4S/c1-2-22-17(21)9-10-23-13-4-6-14(7-5-13)24-18-20-15-8-3-12(19)11-16(15)25-18/h3-8,11H,2,9-10H2,1H3. The molecule has 0 atom stereocenters. The van der Waals surface area contributed by atoms with Gasteiger partial charge in [0, 0.05) is 4.47 Å². The number of thiazole rings is 1. The molecule has 5 nitrogen and oxygen atoms in total. The summed E-state index contributed by atoms with van der Waals surface area (Å²) in [5.74, 6) is 1.09. The Balaban J connectivity index is 1.57. The second-order valence-corrected chi connectivity index (χ2v) is 6.98. The molecule has 130 valence electrons. The molecule has 0 amide bonds. The van der Waals surface area contributed by atoms with E-state index in [9.17, 15) is 4.79 Å². The van der Waals surface area contributed by atoms with E-state index in [4.69, 9.17) is 14.2 Å². The molecule has 25 heavy (non-hydrogen) atoms. The molecule has 0 aliphatic carbocycles. The number of ether oxygens (including phenoxy) is 3. The first kappa shape index (κ1) is 17.7. The number of aromatic nitrogens is 1. The van der Waals surface area contributed by atoms with E-state index >= 15 is 0 Å². The van der Waals surface area contributed by atoms with Crippen LogP contribution in [0.15, 0.2) is 46.9 Å². The molecular formula is C18H16BrNO4S. The lowest BCUT2D eigenvalue weighted by Crippen LogP contribution is -2.09. The van der Waals surface area contributed by atoms with Gasteiger partial charge in [-0.1, -0.05) is 27.3 Å². The van der Waals surface area contributed by atoms with Crippen LogP contribution in [0.1, 0.15) is 13.3 Å². The lowest BCUT2D eigenvalue weighted by molar-refractivity contribution is -0.143. The molecule has 7 heteroatoms. The summed E-state index contributed by atoms with van der Waals surface area (Å²) in [5, 5.41) is 0.587. The molecule has 0 N–H and O–H groups in total. The monoisotopic (exact) mass is 421 g/mol. The molecule has 0 fully saturated rings. The maximum Gasteiger partial charge on any atom is 0.309 e. The number of hydrogen-bond donors (Lipinski definition) is 0. The molecular weight excluding hydrogens is 406 g/mol. The number of benzene rings is 2. The summed E-state index contributed by atoms with van der Waals surface area (Å²) < 4.78 is 18.2. The summed E-state index contributed by atoms with van der Waals surface area (Å²) >= 11 is 4.94. The third-order valence-electron chi connectivity index (χ3n) is 3.24. The van der Waals surface area contributed by atoms with E-state index in [-0.39, 0.29) is 19.0 Å². The summed E-state index contributed by atoms with van der Waals surface area (Å²) in [6.45, 7) is 2.45. The third-order valence-corrected chi connectivity index (χ3v) is 4.63. The van der Waals surface area contributed by atoms with E-state index in [0.717, 1.165) is 14.7 Å². The van der Waals surface area contributed by atoms with Crippen molar-refractivity contribution in [3.8, 4) is 16.7 Å². The van der Waals surface area contributed by atoms with Crippen LogP contribution in [-0.2, 0) is 9.53 Å². The molecule has 1 aromatic heterocycles. The zero-order valence-electron chi connectivity index (χ0n) is 13.5. The Morgan fingerprint density at radius 1 is 1.16 bits per heavy atom. The van der Waals surface area contributed by atoms with Crippen molar-refractivity contribution in [3.63, 3.8) is 0 Å². The number of nitrogens with zero attached hydrogens (tertiary/aromatic N) is 1. The highest BCUT2D eigenvalue weighted by atomic mass is 79.9. The van der Waals surface area contributed by atoms with E-state index in [0.29, 0.717) is 23.3 Å². The van der Waals surface area contributed by atoms with Crippen molar-refractivity contribution >= 4 is 43.5 Å². The quantitative estimate of drug-likeness (QED) is 0.491. The Morgan fingerprint density at radius 3 is 2.68 bits per heavy atom. The van der Waals surface area contributed by atoms with Crippen molar-refractivity contribution in [3.05, 3.63) is 46.9 Å². The molecule has 0 radical (unpaired) electrons. The van der Waals surface area contributed by atoms with Crippen LogP contribution in [-0.4, -0.2) is 24.2 Å². The zero-order valence-corrected chi connectivity index (χ0v) is 15.9. The molecule has 3 rings (SSSR count). The first-order valence-electron chi connectivity index (χ1n) is 7.76. The first-order valence-corrected chi connectivity index (χ1v) is 9.37. The number of esters is 1. The van der Waals surface area contributed by atoms with Gasteiger partial charge < -0.3 is 14.2 Å². The second-order valence-electron chi connectivity index (χ2n) is 5.07. The normalized spacial score (nSPS) is 10.6. The van der Waals surface area contributed by atoms with Gasteiger partial charge in [0.15, 0.2) is 0 Å². The molecule has 0 saturated carbocycles. The fourth-order valence-corrected chi connectivity index (χ4v) is 3.50. The fourth-order valence-electron chi connectivity index (χ4n) is 2.11. The number of halogens is 1. The Kier molecular flexibility index (Phi) is 5.88. The average Bonchev–Trinajstić information content (AvgIpc) is 2.98. The lowest BCUT2D eigenvalue weighted by atomic mass is 10.3. The Bertz CT molecular complexity index is 863. The summed E-state index contributed by atoms with van der Waals surface area (Å²) in [7, 11) is 0. The largest absolute Gasteiger partial charge is 0.493 e. The number of fused-ring (bicyclic) bond motifs is 1. The van der Waals surface area contributed by atoms with Crippen LogP contribution in [0.5, 0.6) is 16.7 Å². The van der Waals surface area contributed by atoms with Gasteiger partial charge in [-0.25, -0.2) is 4.98 Å². The van der Waals surface area contributed by atoms with Gasteiger partial charge >= 0.3 is 5.97 Å². The van der Waals surface area contributed by atoms with Crippen molar-refractivity contribution in [1.29, 1.82) is 0 Å². The molecule has 1 heterocycles. The van der Waals surface area contributed by atoms with Crippen molar-refractivity contribution in [1.82, 2.24) is 4.98 Å². The van der Waals surface area contributed by atoms with E-state index < -0.39 is 0 Å². The lowest BCUT2D eigenvalue weighted by Gasteiger charge is -2.07. The SMILES string of the molecule is CCOC(=O)CCOc1ccc(Oc2nc3ccc(Br)cc3s2)cc1. The fraction of sp³-hybridized carbons (Fsp3) is 0.222. The number of carbonyl (C=O) groups excluding carboxylic acids is 1. The number of carbonyl (C=O) groups is 1. The highest BCUT2D eigenvalue weighted by Gasteiger charge is 2.07. The van der Waals surface area contributed by atoms with Gasteiger partial charge in [-0.2, -0.15) is 0 Å². The van der Waals surface area contributed by atoms with Gasteiger partial charge in [0.1, 0.15) is 11.5 Å². The summed E-state index contributed by atoms with van der Waals surface area (Å²) in [6.07, 6.45) is 0.230. The minimum atomic E-state index is -0.259. The number of rotatable bonds is 7. The highest BCUT2D eigenvalue weighted by molar-refractivity contribution is 9.10. The van der Waals surface area contributed by atoms with Crippen LogP contribution in [0.3, 0.4) is 0 Å². The molecule has 0 spiro atoms. The molecule has 0 aliphatic heterocycles. The second kappa shape index (κ2) is 8.31. The predicted molar refractivity (Wildman–Crippen MR) is 101 cm³/mol. The minimum absolute atomic E-state index is 0.230. The average molecular weight is 422 g/mol. The van der Waals surface area contributed by atoms with Gasteiger partial charge in [0.25, 0.3) is 5.19 Å². The van der Waals surface area contributed by atoms with E-state index in [1.807, 2.05) is 30.3 Å². The third kappa shape index (κ3) is 4.93. The van der Waals surface area contributed by atoms with Gasteiger partial charge in [-0.15, -0.1) is 0 Å². The van der Waals surface area contributed by atoms with Crippen LogP contribution in [0.4, 0.5) is 0 Å². The van der Waals surface area contributed by atoms with E-state index in [1.165, 1.54) is 11.3 Å². The topological polar surface area (TPSA) is 57.7 Å². The molecule has 0 bridgehead atoms. The first-order chi connectivity index (χ1) is 12.1. The molecule has 0 saturated heterocycles. The number of hydrogen-bond acceptors (Lipinski definition) is 6. The van der Waals surface area contributed by atoms with Crippen LogP contribution in [0.2, 0.25) is 0 Å². The molecule has 2 aromatic carbocycles. The maximum absolute atomic E-state index is 11.3.